The molecule has 0 aromatic heterocycles. The van der Waals surface area contributed by atoms with E-state index in [1.165, 1.54) is 0 Å². The van der Waals surface area contributed by atoms with Crippen molar-refractivity contribution in [3.05, 3.63) is 0 Å². The topological polar surface area (TPSA) is 98.3 Å². The summed E-state index contributed by atoms with van der Waals surface area (Å²) < 4.78 is 0. The summed E-state index contributed by atoms with van der Waals surface area (Å²) in [5, 5.41) is 7.19. The molecule has 6 heavy (non-hydrogen) atoms. The summed E-state index contributed by atoms with van der Waals surface area (Å²) in [6.07, 6.45) is -1.33. The Morgan fingerprint density at radius 1 is 1.67 bits per heavy atom. The molecule has 0 radical (unpaired) electrons. The summed E-state index contributed by atoms with van der Waals surface area (Å²) in [5.41, 5.74) is 4.03. The molecule has 0 aromatic carbocycles. The van der Waals surface area contributed by atoms with Crippen molar-refractivity contribution >= 4 is 6.09 Å². The summed E-state index contributed by atoms with van der Waals surface area (Å²) in [6, 6.07) is 0. The fourth-order valence-electron chi connectivity index (χ4n) is 0. The molecule has 0 atom stereocenters. The van der Waals surface area contributed by atoms with Crippen LogP contribution in [-0.4, -0.2) is 11.2 Å². The van der Waals surface area contributed by atoms with E-state index in [0.29, 0.717) is 0 Å². The quantitative estimate of drug-likeness (QED) is 0.467. The Kier molecular flexibility index (Phi) is 24.5. The van der Waals surface area contributed by atoms with E-state index in [4.69, 9.17) is 9.90 Å². The van der Waals surface area contributed by atoms with E-state index in [1.807, 2.05) is 0 Å². The Bertz CT molecular complexity index is 34.5. The maximum atomic E-state index is 8.78. The van der Waals surface area contributed by atoms with Crippen LogP contribution in [0.2, 0.25) is 0 Å². The molecule has 0 aliphatic rings. The fraction of sp³-hybridized carbons (Fsp3) is 0. The van der Waals surface area contributed by atoms with Crippen molar-refractivity contribution < 1.29 is 36.1 Å². The molecule has 4 nitrogen and oxygen atoms in total. The van der Waals surface area contributed by atoms with Crippen molar-refractivity contribution in [2.24, 2.45) is 5.73 Å². The SMILES string of the molecule is N.NC(=O)O.[Zr]. The third kappa shape index (κ3) is 3120. The molecule has 0 heterocycles. The molecular weight excluding hydrogens is 163 g/mol. The van der Waals surface area contributed by atoms with Crippen molar-refractivity contribution in [3.63, 3.8) is 0 Å². The van der Waals surface area contributed by atoms with Crippen LogP contribution in [0.25, 0.3) is 0 Å². The van der Waals surface area contributed by atoms with Crippen molar-refractivity contribution in [2.45, 2.75) is 0 Å². The van der Waals surface area contributed by atoms with Gasteiger partial charge < -0.3 is 17.0 Å². The van der Waals surface area contributed by atoms with Gasteiger partial charge in [0.25, 0.3) is 0 Å². The first-order valence-corrected chi connectivity index (χ1v) is 0.716. The van der Waals surface area contributed by atoms with Gasteiger partial charge in [-0.3, -0.25) is 0 Å². The molecule has 1 amide bonds. The maximum Gasteiger partial charge on any atom is 0.402 e. The number of amides is 1. The maximum absolute atomic E-state index is 8.78. The summed E-state index contributed by atoms with van der Waals surface area (Å²) >= 11 is 0. The van der Waals surface area contributed by atoms with E-state index in [9.17, 15) is 0 Å². The van der Waals surface area contributed by atoms with Gasteiger partial charge in [-0.1, -0.05) is 0 Å². The van der Waals surface area contributed by atoms with Gasteiger partial charge in [-0.2, -0.15) is 0 Å². The molecule has 0 fully saturated rings. The number of primary amides is 1. The van der Waals surface area contributed by atoms with Crippen LogP contribution in [0.1, 0.15) is 0 Å². The summed E-state index contributed by atoms with van der Waals surface area (Å²) in [7, 11) is 0. The monoisotopic (exact) mass is 168 g/mol. The van der Waals surface area contributed by atoms with Crippen molar-refractivity contribution in [1.82, 2.24) is 6.15 Å². The predicted octanol–water partition coefficient (Wildman–Crippen LogP) is -0.217. The standard InChI is InChI=1S/CH3NO2.H3N.Zr/c2-1(3)4;;/h2H2,(H,3,4);1H3;. The van der Waals surface area contributed by atoms with Gasteiger partial charge in [0.15, 0.2) is 0 Å². The van der Waals surface area contributed by atoms with Crippen LogP contribution in [0.15, 0.2) is 0 Å². The van der Waals surface area contributed by atoms with Crippen LogP contribution >= 0.6 is 0 Å². The van der Waals surface area contributed by atoms with Crippen molar-refractivity contribution in [3.8, 4) is 0 Å². The van der Waals surface area contributed by atoms with E-state index in [0.717, 1.165) is 0 Å². The smallest absolute Gasteiger partial charge is 0.402 e. The van der Waals surface area contributed by atoms with Gasteiger partial charge in [0.1, 0.15) is 0 Å². The summed E-state index contributed by atoms with van der Waals surface area (Å²) in [6.45, 7) is 0. The molecule has 6 N–H and O–H groups in total. The van der Waals surface area contributed by atoms with E-state index >= 15 is 0 Å². The molecule has 0 aliphatic carbocycles. The van der Waals surface area contributed by atoms with Crippen LogP contribution in [0.4, 0.5) is 4.79 Å². The molecule has 0 aromatic rings. The van der Waals surface area contributed by atoms with Crippen LogP contribution in [0.3, 0.4) is 0 Å². The number of hydrogen-bond acceptors (Lipinski definition) is 2. The normalized spacial score (nSPS) is 4.00. The number of carbonyl (C=O) groups is 1. The first kappa shape index (κ1) is 16.5. The molecule has 0 saturated carbocycles. The third-order valence-corrected chi connectivity index (χ3v) is 0. The average molecular weight is 169 g/mol. The van der Waals surface area contributed by atoms with Gasteiger partial charge in [-0.25, -0.2) is 4.79 Å². The summed E-state index contributed by atoms with van der Waals surface area (Å²) in [5.74, 6) is 0. The van der Waals surface area contributed by atoms with Gasteiger partial charge in [-0.15, -0.1) is 0 Å². The second-order valence-electron chi connectivity index (χ2n) is 0.338. The minimum Gasteiger partial charge on any atom is -0.465 e. The number of hydrogen-bond donors (Lipinski definition) is 3. The van der Waals surface area contributed by atoms with Crippen LogP contribution in [0, 0.1) is 0 Å². The zero-order valence-electron chi connectivity index (χ0n) is 3.14. The molecule has 0 unspecified atom stereocenters. The molecule has 0 saturated heterocycles. The zero-order chi connectivity index (χ0) is 3.58. The Balaban J connectivity index is -0.0000000450. The number of rotatable bonds is 0. The Morgan fingerprint density at radius 2 is 1.67 bits per heavy atom. The largest absolute Gasteiger partial charge is 0.465 e. The van der Waals surface area contributed by atoms with Gasteiger partial charge in [0, 0.05) is 26.2 Å². The van der Waals surface area contributed by atoms with E-state index in [2.05, 4.69) is 5.73 Å². The molecule has 0 spiro atoms. The molecule has 0 bridgehead atoms. The number of carboxylic acid groups (broad SMARTS) is 1. The van der Waals surface area contributed by atoms with Gasteiger partial charge in [-0.05, 0) is 0 Å². The van der Waals surface area contributed by atoms with Crippen molar-refractivity contribution in [1.29, 1.82) is 0 Å². The first-order chi connectivity index (χ1) is 1.73. The van der Waals surface area contributed by atoms with Gasteiger partial charge in [0.2, 0.25) is 0 Å². The van der Waals surface area contributed by atoms with E-state index in [1.54, 1.807) is 0 Å². The second-order valence-corrected chi connectivity index (χ2v) is 0.338. The molecule has 0 aliphatic heterocycles. The second kappa shape index (κ2) is 8.93. The molecular formula is CH6N2O2Zr. The summed E-state index contributed by atoms with van der Waals surface area (Å²) in [4.78, 5) is 8.78. The fourth-order valence-corrected chi connectivity index (χ4v) is 0. The molecule has 0 rings (SSSR count). The third-order valence-electron chi connectivity index (χ3n) is 0. The molecule has 5 heteroatoms. The molecule has 36 valence electrons. The minimum absolute atomic E-state index is 0. The Morgan fingerprint density at radius 3 is 1.67 bits per heavy atom. The van der Waals surface area contributed by atoms with Crippen LogP contribution in [0.5, 0.6) is 0 Å². The number of nitrogens with two attached hydrogens (primary N) is 1. The minimum atomic E-state index is -1.33. The Hall–Kier alpha value is 0.113. The first-order valence-electron chi connectivity index (χ1n) is 0.716. The van der Waals surface area contributed by atoms with Gasteiger partial charge in [0.05, 0.1) is 0 Å². The Labute approximate surface area is 54.4 Å². The van der Waals surface area contributed by atoms with Crippen LogP contribution in [-0.2, 0) is 26.2 Å². The zero-order valence-corrected chi connectivity index (χ0v) is 5.60. The van der Waals surface area contributed by atoms with E-state index in [-0.39, 0.29) is 32.4 Å². The van der Waals surface area contributed by atoms with Crippen LogP contribution < -0.4 is 11.9 Å². The predicted molar refractivity (Wildman–Crippen MR) is 17.2 cm³/mol. The average Bonchev–Trinajstić information content (AvgIpc) is 0.811. The van der Waals surface area contributed by atoms with Crippen molar-refractivity contribution in [2.75, 3.05) is 0 Å². The van der Waals surface area contributed by atoms with Gasteiger partial charge >= 0.3 is 6.09 Å². The van der Waals surface area contributed by atoms with E-state index < -0.39 is 6.09 Å².